The fraction of sp³-hybridized carbons (Fsp3) is 0.250. The molecule has 0 bridgehead atoms. The van der Waals surface area contributed by atoms with E-state index in [4.69, 9.17) is 17.3 Å². The highest BCUT2D eigenvalue weighted by molar-refractivity contribution is 6.30. The molecule has 2 aromatic carbocycles. The number of para-hydroxylation sites is 1. The van der Waals surface area contributed by atoms with E-state index in [0.29, 0.717) is 34.8 Å². The minimum atomic E-state index is -0.500. The number of nitrogens with one attached hydrogen (secondary N) is 1. The molecule has 152 valence electrons. The molecule has 30 heavy (non-hydrogen) atoms. The maximum atomic E-state index is 13.3. The normalized spacial score (nSPS) is 20.7. The lowest BCUT2D eigenvalue weighted by Gasteiger charge is -2.43. The highest BCUT2D eigenvalue weighted by atomic mass is 35.5. The van der Waals surface area contributed by atoms with Crippen molar-refractivity contribution in [3.63, 3.8) is 0 Å². The van der Waals surface area contributed by atoms with Gasteiger partial charge in [-0.1, -0.05) is 55.8 Å². The van der Waals surface area contributed by atoms with Gasteiger partial charge in [-0.25, -0.2) is 5.01 Å². The van der Waals surface area contributed by atoms with Crippen LogP contribution in [0.3, 0.4) is 0 Å². The lowest BCUT2D eigenvalue weighted by molar-refractivity contribution is -0.118. The molecule has 0 spiro atoms. The average molecular weight is 419 g/mol. The number of benzene rings is 2. The number of carbonyl (C=O) groups excluding carboxylic acids is 1. The zero-order valence-corrected chi connectivity index (χ0v) is 17.7. The Morgan fingerprint density at radius 1 is 1.13 bits per heavy atom. The Balaban J connectivity index is 1.90. The fourth-order valence-electron chi connectivity index (χ4n) is 4.27. The molecule has 0 aromatic heterocycles. The number of anilines is 1. The van der Waals surface area contributed by atoms with Crippen molar-refractivity contribution in [1.82, 2.24) is 5.01 Å². The van der Waals surface area contributed by atoms with Crippen molar-refractivity contribution < 1.29 is 4.79 Å². The summed E-state index contributed by atoms with van der Waals surface area (Å²) < 4.78 is 0. The van der Waals surface area contributed by atoms with Crippen LogP contribution in [0.25, 0.3) is 0 Å². The second-order valence-corrected chi connectivity index (χ2v) is 8.95. The predicted octanol–water partition coefficient (Wildman–Crippen LogP) is 5.10. The lowest BCUT2D eigenvalue weighted by atomic mass is 9.69. The third kappa shape index (κ3) is 3.55. The molecule has 2 aromatic rings. The number of ketones is 1. The molecular weight excluding hydrogens is 396 g/mol. The fourth-order valence-corrected chi connectivity index (χ4v) is 4.39. The molecule has 4 rings (SSSR count). The van der Waals surface area contributed by atoms with E-state index in [9.17, 15) is 10.1 Å². The van der Waals surface area contributed by atoms with E-state index in [1.54, 1.807) is 17.1 Å². The largest absolute Gasteiger partial charge is 0.383 e. The second-order valence-electron chi connectivity index (χ2n) is 8.51. The molecule has 1 atom stereocenters. The van der Waals surface area contributed by atoms with Gasteiger partial charge < -0.3 is 5.73 Å². The number of allylic oxidation sites excluding steroid dienone is 3. The van der Waals surface area contributed by atoms with Gasteiger partial charge in [-0.05, 0) is 41.7 Å². The molecule has 0 fully saturated rings. The average Bonchev–Trinajstić information content (AvgIpc) is 2.70. The number of halogens is 1. The third-order valence-corrected chi connectivity index (χ3v) is 5.85. The van der Waals surface area contributed by atoms with Crippen LogP contribution in [0.1, 0.15) is 38.2 Å². The van der Waals surface area contributed by atoms with Crippen LogP contribution in [-0.4, -0.2) is 10.8 Å². The van der Waals surface area contributed by atoms with Crippen molar-refractivity contribution >= 4 is 23.1 Å². The van der Waals surface area contributed by atoms with Gasteiger partial charge in [-0.3, -0.25) is 10.2 Å². The smallest absolute Gasteiger partial charge is 0.162 e. The molecule has 0 unspecified atom stereocenters. The monoisotopic (exact) mass is 418 g/mol. The van der Waals surface area contributed by atoms with E-state index in [1.807, 2.05) is 42.5 Å². The van der Waals surface area contributed by atoms with Crippen LogP contribution in [0.5, 0.6) is 0 Å². The number of hydrogen-bond acceptors (Lipinski definition) is 5. The number of Topliss-reactive ketones (excluding diaryl/α,β-unsaturated/α-hetero) is 1. The molecule has 2 aliphatic rings. The van der Waals surface area contributed by atoms with E-state index in [1.165, 1.54) is 0 Å². The van der Waals surface area contributed by atoms with E-state index in [-0.39, 0.29) is 11.2 Å². The van der Waals surface area contributed by atoms with Crippen LogP contribution in [0.2, 0.25) is 5.02 Å². The Labute approximate surface area is 181 Å². The van der Waals surface area contributed by atoms with Crippen molar-refractivity contribution in [2.45, 2.75) is 32.6 Å². The molecule has 6 heteroatoms. The molecule has 1 heterocycles. The summed E-state index contributed by atoms with van der Waals surface area (Å²) in [6.45, 7) is 4.15. The number of hydrazine groups is 1. The topological polar surface area (TPSA) is 82.2 Å². The van der Waals surface area contributed by atoms with Gasteiger partial charge in [0.15, 0.2) is 5.78 Å². The summed E-state index contributed by atoms with van der Waals surface area (Å²) in [6, 6.07) is 19.1. The number of hydrogen-bond donors (Lipinski definition) is 2. The quantitative estimate of drug-likeness (QED) is 0.724. The van der Waals surface area contributed by atoms with E-state index in [2.05, 4.69) is 25.3 Å². The van der Waals surface area contributed by atoms with Crippen molar-refractivity contribution in [3.8, 4) is 6.07 Å². The highest BCUT2D eigenvalue weighted by Crippen LogP contribution is 2.49. The van der Waals surface area contributed by atoms with Gasteiger partial charge in [0.25, 0.3) is 0 Å². The second kappa shape index (κ2) is 7.55. The molecule has 1 aliphatic heterocycles. The Morgan fingerprint density at radius 3 is 2.43 bits per heavy atom. The molecule has 0 radical (unpaired) electrons. The number of nitriles is 1. The van der Waals surface area contributed by atoms with Crippen LogP contribution in [0.4, 0.5) is 5.69 Å². The summed E-state index contributed by atoms with van der Waals surface area (Å²) in [5, 5.41) is 12.3. The Morgan fingerprint density at radius 2 is 1.80 bits per heavy atom. The van der Waals surface area contributed by atoms with Crippen LogP contribution in [0, 0.1) is 16.7 Å². The SMILES string of the molecule is CC1(C)CC(=O)C2=C(C1)N(Nc1ccccc1)C(N)=C(C#N)[C@@H]2c1ccc(Cl)cc1. The summed E-state index contributed by atoms with van der Waals surface area (Å²) in [4.78, 5) is 13.3. The van der Waals surface area contributed by atoms with Gasteiger partial charge >= 0.3 is 0 Å². The Bertz CT molecular complexity index is 1090. The van der Waals surface area contributed by atoms with Gasteiger partial charge in [0.2, 0.25) is 0 Å². The van der Waals surface area contributed by atoms with Crippen LogP contribution >= 0.6 is 11.6 Å². The summed E-state index contributed by atoms with van der Waals surface area (Å²) in [5.74, 6) is -0.147. The first kappa shape index (κ1) is 20.1. The minimum Gasteiger partial charge on any atom is -0.383 e. The Kier molecular flexibility index (Phi) is 5.05. The van der Waals surface area contributed by atoms with Crippen molar-refractivity contribution in [2.75, 3.05) is 5.43 Å². The molecule has 0 saturated carbocycles. The minimum absolute atomic E-state index is 0.0429. The maximum absolute atomic E-state index is 13.3. The summed E-state index contributed by atoms with van der Waals surface area (Å²) in [6.07, 6.45) is 1.09. The summed E-state index contributed by atoms with van der Waals surface area (Å²) in [5.41, 5.74) is 13.1. The first-order valence-corrected chi connectivity index (χ1v) is 10.2. The summed E-state index contributed by atoms with van der Waals surface area (Å²) in [7, 11) is 0. The van der Waals surface area contributed by atoms with Crippen molar-refractivity contribution in [1.29, 1.82) is 5.26 Å². The van der Waals surface area contributed by atoms with E-state index in [0.717, 1.165) is 16.9 Å². The van der Waals surface area contributed by atoms with Crippen molar-refractivity contribution in [2.24, 2.45) is 11.1 Å². The number of rotatable bonds is 3. The maximum Gasteiger partial charge on any atom is 0.162 e. The van der Waals surface area contributed by atoms with Crippen LogP contribution < -0.4 is 11.2 Å². The van der Waals surface area contributed by atoms with Crippen molar-refractivity contribution in [3.05, 3.63) is 87.8 Å². The molecular formula is C24H23ClN4O. The van der Waals surface area contributed by atoms with Gasteiger partial charge in [-0.15, -0.1) is 0 Å². The highest BCUT2D eigenvalue weighted by Gasteiger charge is 2.44. The first-order valence-electron chi connectivity index (χ1n) is 9.84. The molecule has 1 aliphatic carbocycles. The lowest BCUT2D eigenvalue weighted by Crippen LogP contribution is -2.44. The molecule has 0 amide bonds. The molecule has 3 N–H and O–H groups in total. The van der Waals surface area contributed by atoms with Gasteiger partial charge in [-0.2, -0.15) is 5.26 Å². The van der Waals surface area contributed by atoms with E-state index >= 15 is 0 Å². The van der Waals surface area contributed by atoms with Gasteiger partial charge in [0, 0.05) is 17.0 Å². The van der Waals surface area contributed by atoms with Crippen LogP contribution in [-0.2, 0) is 4.79 Å². The molecule has 5 nitrogen and oxygen atoms in total. The zero-order valence-electron chi connectivity index (χ0n) is 16.9. The number of nitrogens with zero attached hydrogens (tertiary/aromatic N) is 2. The Hall–Kier alpha value is -3.23. The van der Waals surface area contributed by atoms with Gasteiger partial charge in [0.1, 0.15) is 5.82 Å². The van der Waals surface area contributed by atoms with E-state index < -0.39 is 5.92 Å². The van der Waals surface area contributed by atoms with Crippen LogP contribution in [0.15, 0.2) is 77.3 Å². The number of carbonyl (C=O) groups is 1. The standard InChI is InChI=1S/C24H23ClN4O/c1-24(2)12-19-22(20(30)13-24)21(15-8-10-16(25)11-9-15)18(14-26)23(27)29(19)28-17-6-4-3-5-7-17/h3-11,21,28H,12-13,27H2,1-2H3/t21-/m0/s1. The summed E-state index contributed by atoms with van der Waals surface area (Å²) >= 11 is 6.07. The molecule has 0 saturated heterocycles. The third-order valence-electron chi connectivity index (χ3n) is 5.60. The predicted molar refractivity (Wildman–Crippen MR) is 118 cm³/mol. The zero-order chi connectivity index (χ0) is 21.5. The van der Waals surface area contributed by atoms with Gasteiger partial charge in [0.05, 0.1) is 28.9 Å². The number of nitrogens with two attached hydrogens (primary N) is 1. The first-order chi connectivity index (χ1) is 14.3.